The summed E-state index contributed by atoms with van der Waals surface area (Å²) in [6.07, 6.45) is 0.858. The van der Waals surface area contributed by atoms with Crippen LogP contribution in [0.15, 0.2) is 182 Å². The minimum absolute atomic E-state index is 0.858. The summed E-state index contributed by atoms with van der Waals surface area (Å²) >= 11 is 0. The molecule has 0 aliphatic carbocycles. The minimum atomic E-state index is 0.858. The standard InChI is InChI=1S/C45H32/c1-3-16-32(17-4-1)37-23-8-7-20-35(37)31-44-40-26-11-13-28-42(40)45(43-29-14-12-27-41(43)44)36-22-15-21-34(30-36)39-25-10-9-24-38(39)33-18-5-2-6-19-33/h1-30H,31H2. The van der Waals surface area contributed by atoms with Crippen LogP contribution in [0.2, 0.25) is 0 Å². The van der Waals surface area contributed by atoms with Gasteiger partial charge in [-0.2, -0.15) is 0 Å². The molecule has 0 aliphatic heterocycles. The van der Waals surface area contributed by atoms with E-state index < -0.39 is 0 Å². The molecule has 0 spiro atoms. The molecule has 0 aliphatic rings. The zero-order chi connectivity index (χ0) is 30.0. The third-order valence-corrected chi connectivity index (χ3v) is 8.99. The Bertz CT molecular complexity index is 2220. The van der Waals surface area contributed by atoms with Gasteiger partial charge in [0.1, 0.15) is 0 Å². The van der Waals surface area contributed by atoms with E-state index in [1.165, 1.54) is 77.2 Å². The van der Waals surface area contributed by atoms with E-state index >= 15 is 0 Å². The highest BCUT2D eigenvalue weighted by Crippen LogP contribution is 2.42. The Kier molecular flexibility index (Phi) is 7.02. The van der Waals surface area contributed by atoms with E-state index in [9.17, 15) is 0 Å². The van der Waals surface area contributed by atoms with Crippen molar-refractivity contribution in [1.82, 2.24) is 0 Å². The molecule has 0 saturated heterocycles. The van der Waals surface area contributed by atoms with Crippen molar-refractivity contribution >= 4 is 21.5 Å². The van der Waals surface area contributed by atoms with Crippen molar-refractivity contribution in [2.24, 2.45) is 0 Å². The van der Waals surface area contributed by atoms with Crippen molar-refractivity contribution in [3.8, 4) is 44.5 Å². The smallest absolute Gasteiger partial charge is 0.000728 e. The van der Waals surface area contributed by atoms with Gasteiger partial charge in [0.25, 0.3) is 0 Å². The summed E-state index contributed by atoms with van der Waals surface area (Å²) in [7, 11) is 0. The summed E-state index contributed by atoms with van der Waals surface area (Å²) in [5, 5.41) is 5.20. The molecule has 0 aromatic heterocycles. The average Bonchev–Trinajstić information content (AvgIpc) is 3.12. The molecule has 0 saturated carbocycles. The lowest BCUT2D eigenvalue weighted by molar-refractivity contribution is 1.23. The quantitative estimate of drug-likeness (QED) is 0.174. The van der Waals surface area contributed by atoms with Crippen LogP contribution in [0.4, 0.5) is 0 Å². The molecule has 0 heterocycles. The fraction of sp³-hybridized carbons (Fsp3) is 0.0222. The second-order valence-electron chi connectivity index (χ2n) is 11.6. The lowest BCUT2D eigenvalue weighted by atomic mass is 9.84. The van der Waals surface area contributed by atoms with E-state index in [-0.39, 0.29) is 0 Å². The first-order valence-corrected chi connectivity index (χ1v) is 15.7. The van der Waals surface area contributed by atoms with Gasteiger partial charge in [-0.3, -0.25) is 0 Å². The first-order chi connectivity index (χ1) is 22.3. The Balaban J connectivity index is 1.32. The molecule has 0 heteroatoms. The molecule has 45 heavy (non-hydrogen) atoms. The summed E-state index contributed by atoms with van der Waals surface area (Å²) in [6, 6.07) is 66.0. The normalized spacial score (nSPS) is 11.2. The maximum absolute atomic E-state index is 2.38. The Morgan fingerprint density at radius 1 is 0.289 bits per heavy atom. The monoisotopic (exact) mass is 572 g/mol. The first-order valence-electron chi connectivity index (χ1n) is 15.7. The maximum Gasteiger partial charge on any atom is -0.000728 e. The van der Waals surface area contributed by atoms with Crippen molar-refractivity contribution in [2.75, 3.05) is 0 Å². The summed E-state index contributed by atoms with van der Waals surface area (Å²) in [6.45, 7) is 0. The molecule has 8 rings (SSSR count). The SMILES string of the molecule is c1ccc(-c2ccccc2Cc2c3ccccc3c(-c3cccc(-c4ccccc4-c4ccccc4)c3)c3ccccc23)cc1. The summed E-state index contributed by atoms with van der Waals surface area (Å²) in [5.74, 6) is 0. The second kappa shape index (κ2) is 11.8. The van der Waals surface area contributed by atoms with Crippen LogP contribution in [0.3, 0.4) is 0 Å². The predicted molar refractivity (Wildman–Crippen MR) is 192 cm³/mol. The Labute approximate surface area is 264 Å². The van der Waals surface area contributed by atoms with Gasteiger partial charge in [0.2, 0.25) is 0 Å². The molecule has 0 atom stereocenters. The molecule has 0 unspecified atom stereocenters. The highest BCUT2D eigenvalue weighted by Gasteiger charge is 2.17. The number of rotatable bonds is 6. The van der Waals surface area contributed by atoms with E-state index in [0.717, 1.165) is 6.42 Å². The molecule has 0 nitrogen and oxygen atoms in total. The van der Waals surface area contributed by atoms with Gasteiger partial charge in [-0.05, 0) is 89.7 Å². The van der Waals surface area contributed by atoms with Crippen molar-refractivity contribution < 1.29 is 0 Å². The van der Waals surface area contributed by atoms with Crippen LogP contribution in [0.25, 0.3) is 66.1 Å². The summed E-state index contributed by atoms with van der Waals surface area (Å²) < 4.78 is 0. The number of hydrogen-bond acceptors (Lipinski definition) is 0. The topological polar surface area (TPSA) is 0 Å². The predicted octanol–water partition coefficient (Wildman–Crippen LogP) is 12.3. The Hall–Kier alpha value is -5.72. The fourth-order valence-corrected chi connectivity index (χ4v) is 6.93. The lowest BCUT2D eigenvalue weighted by Crippen LogP contribution is -1.97. The fourth-order valence-electron chi connectivity index (χ4n) is 6.93. The van der Waals surface area contributed by atoms with Crippen LogP contribution in [0.5, 0.6) is 0 Å². The maximum atomic E-state index is 2.38. The third-order valence-electron chi connectivity index (χ3n) is 8.99. The third kappa shape index (κ3) is 5.01. The molecule has 0 N–H and O–H groups in total. The van der Waals surface area contributed by atoms with Crippen LogP contribution in [-0.2, 0) is 6.42 Å². The number of benzene rings is 8. The van der Waals surface area contributed by atoms with Crippen LogP contribution in [0.1, 0.15) is 11.1 Å². The summed E-state index contributed by atoms with van der Waals surface area (Å²) in [5.41, 5.74) is 12.7. The van der Waals surface area contributed by atoms with Gasteiger partial charge >= 0.3 is 0 Å². The Morgan fingerprint density at radius 2 is 0.711 bits per heavy atom. The number of fused-ring (bicyclic) bond motifs is 2. The van der Waals surface area contributed by atoms with Gasteiger partial charge in [0.05, 0.1) is 0 Å². The molecular formula is C45H32. The number of hydrogen-bond donors (Lipinski definition) is 0. The van der Waals surface area contributed by atoms with Gasteiger partial charge < -0.3 is 0 Å². The van der Waals surface area contributed by atoms with Crippen molar-refractivity contribution in [2.45, 2.75) is 6.42 Å². The molecule has 8 aromatic carbocycles. The van der Waals surface area contributed by atoms with Crippen molar-refractivity contribution in [1.29, 1.82) is 0 Å². The van der Waals surface area contributed by atoms with Crippen LogP contribution in [0, 0.1) is 0 Å². The second-order valence-corrected chi connectivity index (χ2v) is 11.6. The lowest BCUT2D eigenvalue weighted by Gasteiger charge is -2.19. The molecule has 0 bridgehead atoms. The molecular weight excluding hydrogens is 540 g/mol. The minimum Gasteiger partial charge on any atom is -0.0622 e. The van der Waals surface area contributed by atoms with Crippen LogP contribution < -0.4 is 0 Å². The van der Waals surface area contributed by atoms with Crippen molar-refractivity contribution in [3.63, 3.8) is 0 Å². The average molecular weight is 573 g/mol. The largest absolute Gasteiger partial charge is 0.0622 e. The zero-order valence-electron chi connectivity index (χ0n) is 25.0. The molecule has 0 amide bonds. The molecule has 8 aromatic rings. The van der Waals surface area contributed by atoms with Gasteiger partial charge in [0.15, 0.2) is 0 Å². The van der Waals surface area contributed by atoms with E-state index in [0.29, 0.717) is 0 Å². The van der Waals surface area contributed by atoms with E-state index in [2.05, 4.69) is 182 Å². The highest BCUT2D eigenvalue weighted by atomic mass is 14.2. The summed E-state index contributed by atoms with van der Waals surface area (Å²) in [4.78, 5) is 0. The van der Waals surface area contributed by atoms with Gasteiger partial charge in [-0.25, -0.2) is 0 Å². The van der Waals surface area contributed by atoms with Crippen LogP contribution in [-0.4, -0.2) is 0 Å². The Morgan fingerprint density at radius 3 is 1.33 bits per heavy atom. The molecule has 0 fully saturated rings. The zero-order valence-corrected chi connectivity index (χ0v) is 25.0. The molecule has 212 valence electrons. The molecule has 0 radical (unpaired) electrons. The van der Waals surface area contributed by atoms with Crippen molar-refractivity contribution in [3.05, 3.63) is 193 Å². The van der Waals surface area contributed by atoms with Gasteiger partial charge in [0, 0.05) is 0 Å². The first kappa shape index (κ1) is 26.9. The highest BCUT2D eigenvalue weighted by molar-refractivity contribution is 6.15. The van der Waals surface area contributed by atoms with E-state index in [1.54, 1.807) is 0 Å². The van der Waals surface area contributed by atoms with Gasteiger partial charge in [-0.15, -0.1) is 0 Å². The van der Waals surface area contributed by atoms with E-state index in [1.807, 2.05) is 0 Å². The van der Waals surface area contributed by atoms with Gasteiger partial charge in [-0.1, -0.05) is 176 Å². The van der Waals surface area contributed by atoms with Crippen LogP contribution >= 0.6 is 0 Å². The van der Waals surface area contributed by atoms with E-state index in [4.69, 9.17) is 0 Å².